The molecule has 0 aliphatic heterocycles. The fourth-order valence-electron chi connectivity index (χ4n) is 1.97. The van der Waals surface area contributed by atoms with Gasteiger partial charge in [-0.1, -0.05) is 37.3 Å². The van der Waals surface area contributed by atoms with Crippen LogP contribution in [-0.4, -0.2) is 12.2 Å². The fourth-order valence-corrected chi connectivity index (χ4v) is 2.57. The first-order valence-corrected chi connectivity index (χ1v) is 7.51. The van der Waals surface area contributed by atoms with Crippen LogP contribution in [0.4, 0.5) is 5.69 Å². The summed E-state index contributed by atoms with van der Waals surface area (Å²) in [4.78, 5) is 13.3. The number of carbonyl (C=O) groups excluding carboxylic acids is 1. The van der Waals surface area contributed by atoms with Gasteiger partial charge in [-0.15, -0.1) is 11.8 Å². The van der Waals surface area contributed by atoms with E-state index in [1.54, 1.807) is 11.8 Å². The van der Waals surface area contributed by atoms with E-state index in [2.05, 4.69) is 12.2 Å². The first-order chi connectivity index (χ1) is 9.26. The lowest BCUT2D eigenvalue weighted by atomic mass is 10.1. The first-order valence-electron chi connectivity index (χ1n) is 6.28. The zero-order valence-electron chi connectivity index (χ0n) is 11.1. The third-order valence-electron chi connectivity index (χ3n) is 3.00. The zero-order chi connectivity index (χ0) is 13.7. The molecule has 0 heterocycles. The maximum absolute atomic E-state index is 12.3. The van der Waals surface area contributed by atoms with Crippen molar-refractivity contribution in [1.82, 2.24) is 0 Å². The summed E-state index contributed by atoms with van der Waals surface area (Å²) in [6.07, 6.45) is 2.88. The van der Waals surface area contributed by atoms with Crippen LogP contribution >= 0.6 is 11.8 Å². The highest BCUT2D eigenvalue weighted by molar-refractivity contribution is 7.98. The molecule has 0 fully saturated rings. The molecule has 0 aromatic heterocycles. The first kappa shape index (κ1) is 13.7. The third-order valence-corrected chi connectivity index (χ3v) is 3.79. The molecule has 3 heteroatoms. The van der Waals surface area contributed by atoms with Crippen molar-refractivity contribution in [2.24, 2.45) is 0 Å². The lowest BCUT2D eigenvalue weighted by Gasteiger charge is -2.11. The third kappa shape index (κ3) is 3.18. The van der Waals surface area contributed by atoms with E-state index in [1.165, 1.54) is 0 Å². The van der Waals surface area contributed by atoms with Gasteiger partial charge in [0.25, 0.3) is 5.91 Å². The topological polar surface area (TPSA) is 29.1 Å². The van der Waals surface area contributed by atoms with E-state index in [9.17, 15) is 4.79 Å². The van der Waals surface area contributed by atoms with Crippen molar-refractivity contribution in [1.29, 1.82) is 0 Å². The molecule has 2 aromatic rings. The summed E-state index contributed by atoms with van der Waals surface area (Å²) >= 11 is 1.58. The Morgan fingerprint density at radius 1 is 1.11 bits per heavy atom. The lowest BCUT2D eigenvalue weighted by molar-refractivity contribution is 0.102. The Bertz CT molecular complexity index is 580. The predicted molar refractivity (Wildman–Crippen MR) is 82.0 cm³/mol. The normalized spacial score (nSPS) is 10.2. The molecule has 2 aromatic carbocycles. The quantitative estimate of drug-likeness (QED) is 0.843. The number of hydrogen-bond donors (Lipinski definition) is 1. The van der Waals surface area contributed by atoms with Crippen molar-refractivity contribution in [2.75, 3.05) is 11.6 Å². The molecule has 1 N–H and O–H groups in total. The SMILES string of the molecule is CCc1ccccc1NC(=O)c1ccccc1SC. The molecule has 0 bridgehead atoms. The summed E-state index contributed by atoms with van der Waals surface area (Å²) < 4.78 is 0. The predicted octanol–water partition coefficient (Wildman–Crippen LogP) is 4.22. The summed E-state index contributed by atoms with van der Waals surface area (Å²) in [5.74, 6) is -0.0501. The molecule has 0 spiro atoms. The zero-order valence-corrected chi connectivity index (χ0v) is 12.0. The van der Waals surface area contributed by atoms with Crippen molar-refractivity contribution < 1.29 is 4.79 Å². The van der Waals surface area contributed by atoms with Crippen LogP contribution in [0.5, 0.6) is 0 Å². The molecule has 0 aliphatic carbocycles. The second-order valence-corrected chi connectivity index (χ2v) is 5.01. The number of carbonyl (C=O) groups is 1. The molecular weight excluding hydrogens is 254 g/mol. The van der Waals surface area contributed by atoms with Crippen LogP contribution in [0.2, 0.25) is 0 Å². The second-order valence-electron chi connectivity index (χ2n) is 4.17. The van der Waals surface area contributed by atoms with Crippen LogP contribution in [-0.2, 0) is 6.42 Å². The summed E-state index contributed by atoms with van der Waals surface area (Å²) in [5.41, 5.74) is 2.77. The number of benzene rings is 2. The standard InChI is InChI=1S/C16H17NOS/c1-3-12-8-4-6-10-14(12)17-16(18)13-9-5-7-11-15(13)19-2/h4-11H,3H2,1-2H3,(H,17,18). The van der Waals surface area contributed by atoms with Gasteiger partial charge in [0.1, 0.15) is 0 Å². The molecule has 0 atom stereocenters. The van der Waals surface area contributed by atoms with Crippen molar-refractivity contribution in [3.8, 4) is 0 Å². The molecular formula is C16H17NOS. The minimum atomic E-state index is -0.0501. The highest BCUT2D eigenvalue weighted by atomic mass is 32.2. The minimum absolute atomic E-state index is 0.0501. The Kier molecular flexibility index (Phi) is 4.63. The minimum Gasteiger partial charge on any atom is -0.322 e. The Hall–Kier alpha value is -1.74. The molecule has 19 heavy (non-hydrogen) atoms. The van der Waals surface area contributed by atoms with E-state index in [-0.39, 0.29) is 5.91 Å². The van der Waals surface area contributed by atoms with E-state index in [4.69, 9.17) is 0 Å². The van der Waals surface area contributed by atoms with E-state index >= 15 is 0 Å². The fraction of sp³-hybridized carbons (Fsp3) is 0.188. The van der Waals surface area contributed by atoms with Gasteiger partial charge >= 0.3 is 0 Å². The van der Waals surface area contributed by atoms with Crippen LogP contribution in [0.1, 0.15) is 22.8 Å². The van der Waals surface area contributed by atoms with E-state index < -0.39 is 0 Å². The van der Waals surface area contributed by atoms with E-state index in [0.717, 1.165) is 28.1 Å². The van der Waals surface area contributed by atoms with Crippen LogP contribution < -0.4 is 5.32 Å². The monoisotopic (exact) mass is 271 g/mol. The van der Waals surface area contributed by atoms with Gasteiger partial charge in [-0.3, -0.25) is 4.79 Å². The van der Waals surface area contributed by atoms with Crippen molar-refractivity contribution >= 4 is 23.4 Å². The van der Waals surface area contributed by atoms with E-state index in [1.807, 2.05) is 54.8 Å². The highest BCUT2D eigenvalue weighted by Crippen LogP contribution is 2.22. The molecule has 0 radical (unpaired) electrons. The number of rotatable bonds is 4. The molecule has 0 unspecified atom stereocenters. The lowest BCUT2D eigenvalue weighted by Crippen LogP contribution is -2.14. The molecule has 2 nitrogen and oxygen atoms in total. The van der Waals surface area contributed by atoms with Crippen LogP contribution in [0.15, 0.2) is 53.4 Å². The Morgan fingerprint density at radius 3 is 2.53 bits per heavy atom. The maximum Gasteiger partial charge on any atom is 0.256 e. The summed E-state index contributed by atoms with van der Waals surface area (Å²) in [5, 5.41) is 3.00. The number of aryl methyl sites for hydroxylation is 1. The van der Waals surface area contributed by atoms with Gasteiger partial charge in [-0.2, -0.15) is 0 Å². The van der Waals surface area contributed by atoms with Gasteiger partial charge in [0.15, 0.2) is 0 Å². The average Bonchev–Trinajstić information content (AvgIpc) is 2.47. The molecule has 1 amide bonds. The number of thioether (sulfide) groups is 1. The van der Waals surface area contributed by atoms with Gasteiger partial charge < -0.3 is 5.32 Å². The Labute approximate surface area is 118 Å². The van der Waals surface area contributed by atoms with Crippen LogP contribution in [0, 0.1) is 0 Å². The van der Waals surface area contributed by atoms with Crippen molar-refractivity contribution in [3.63, 3.8) is 0 Å². The van der Waals surface area contributed by atoms with E-state index in [0.29, 0.717) is 0 Å². The van der Waals surface area contributed by atoms with Crippen LogP contribution in [0.3, 0.4) is 0 Å². The Morgan fingerprint density at radius 2 is 1.79 bits per heavy atom. The molecule has 0 aliphatic rings. The largest absolute Gasteiger partial charge is 0.322 e. The smallest absolute Gasteiger partial charge is 0.256 e. The molecule has 0 saturated heterocycles. The van der Waals surface area contributed by atoms with Gasteiger partial charge in [0, 0.05) is 10.6 Å². The number of nitrogens with one attached hydrogen (secondary N) is 1. The number of hydrogen-bond acceptors (Lipinski definition) is 2. The molecule has 0 saturated carbocycles. The maximum atomic E-state index is 12.3. The van der Waals surface area contributed by atoms with Gasteiger partial charge in [0.05, 0.1) is 5.56 Å². The van der Waals surface area contributed by atoms with Gasteiger partial charge in [-0.25, -0.2) is 0 Å². The number of amides is 1. The molecule has 2 rings (SSSR count). The van der Waals surface area contributed by atoms with Crippen LogP contribution in [0.25, 0.3) is 0 Å². The van der Waals surface area contributed by atoms with Gasteiger partial charge in [0.2, 0.25) is 0 Å². The highest BCUT2D eigenvalue weighted by Gasteiger charge is 2.11. The molecule has 98 valence electrons. The number of para-hydroxylation sites is 1. The van der Waals surface area contributed by atoms with Gasteiger partial charge in [-0.05, 0) is 36.4 Å². The average molecular weight is 271 g/mol. The summed E-state index contributed by atoms with van der Waals surface area (Å²) in [6.45, 7) is 2.08. The summed E-state index contributed by atoms with van der Waals surface area (Å²) in [6, 6.07) is 15.6. The van der Waals surface area contributed by atoms with Crippen molar-refractivity contribution in [3.05, 3.63) is 59.7 Å². The Balaban J connectivity index is 2.26. The van der Waals surface area contributed by atoms with Crippen molar-refractivity contribution in [2.45, 2.75) is 18.2 Å². The second kappa shape index (κ2) is 6.43. The summed E-state index contributed by atoms with van der Waals surface area (Å²) in [7, 11) is 0. The number of anilines is 1.